The lowest BCUT2D eigenvalue weighted by molar-refractivity contribution is -0.124. The van der Waals surface area contributed by atoms with Gasteiger partial charge in [0.15, 0.2) is 0 Å². The maximum Gasteiger partial charge on any atom is 0.254 e. The first-order valence-electron chi connectivity index (χ1n) is 12.5. The van der Waals surface area contributed by atoms with E-state index >= 15 is 0 Å². The van der Waals surface area contributed by atoms with Crippen molar-refractivity contribution in [2.24, 2.45) is 0 Å². The Morgan fingerprint density at radius 3 is 2.59 bits per heavy atom. The molecular formula is C27H37N3O3S. The quantitative estimate of drug-likeness (QED) is 0.536. The molecule has 1 aromatic heterocycles. The van der Waals surface area contributed by atoms with Crippen LogP contribution in [0.4, 0.5) is 0 Å². The van der Waals surface area contributed by atoms with Crippen molar-refractivity contribution in [1.82, 2.24) is 15.1 Å². The van der Waals surface area contributed by atoms with E-state index in [1.807, 2.05) is 46.7 Å². The maximum absolute atomic E-state index is 13.7. The van der Waals surface area contributed by atoms with Crippen LogP contribution in [0, 0.1) is 0 Å². The molecule has 2 amide bonds. The molecule has 0 spiro atoms. The van der Waals surface area contributed by atoms with Crippen LogP contribution in [0.5, 0.6) is 0 Å². The summed E-state index contributed by atoms with van der Waals surface area (Å²) < 4.78 is 5.30. The summed E-state index contributed by atoms with van der Waals surface area (Å²) in [6.45, 7) is 7.12. The average molecular weight is 484 g/mol. The number of nitrogens with one attached hydrogen (secondary N) is 1. The Hall–Kier alpha value is -2.22. The average Bonchev–Trinajstić information content (AvgIpc) is 3.37. The Morgan fingerprint density at radius 1 is 1.12 bits per heavy atom. The van der Waals surface area contributed by atoms with E-state index in [-0.39, 0.29) is 17.9 Å². The Kier molecular flexibility index (Phi) is 8.40. The smallest absolute Gasteiger partial charge is 0.254 e. The van der Waals surface area contributed by atoms with Gasteiger partial charge in [0.05, 0.1) is 18.6 Å². The minimum Gasteiger partial charge on any atom is -0.383 e. The van der Waals surface area contributed by atoms with Crippen LogP contribution in [0.1, 0.15) is 72.3 Å². The first kappa shape index (κ1) is 24.9. The Labute approximate surface area is 207 Å². The van der Waals surface area contributed by atoms with Gasteiger partial charge < -0.3 is 15.0 Å². The molecule has 7 heteroatoms. The molecule has 0 bridgehead atoms. The minimum absolute atomic E-state index is 0.0134. The zero-order chi connectivity index (χ0) is 24.1. The van der Waals surface area contributed by atoms with E-state index in [0.29, 0.717) is 37.3 Å². The molecule has 0 aliphatic carbocycles. The van der Waals surface area contributed by atoms with E-state index in [1.165, 1.54) is 19.3 Å². The Morgan fingerprint density at radius 2 is 1.88 bits per heavy atom. The molecule has 2 aliphatic heterocycles. The molecule has 4 atom stereocenters. The molecule has 4 rings (SSSR count). The van der Waals surface area contributed by atoms with Gasteiger partial charge in [0.25, 0.3) is 5.91 Å². The second-order valence-electron chi connectivity index (χ2n) is 9.53. The van der Waals surface area contributed by atoms with Gasteiger partial charge in [-0.1, -0.05) is 30.7 Å². The van der Waals surface area contributed by atoms with Gasteiger partial charge in [0, 0.05) is 49.3 Å². The third-order valence-electron chi connectivity index (χ3n) is 7.36. The number of fused-ring (bicyclic) bond motifs is 1. The van der Waals surface area contributed by atoms with Crippen LogP contribution in [0.3, 0.4) is 0 Å². The van der Waals surface area contributed by atoms with Gasteiger partial charge in [-0.05, 0) is 56.2 Å². The molecule has 1 saturated heterocycles. The normalized spacial score (nSPS) is 25.3. The molecule has 2 aliphatic rings. The third-order valence-corrected chi connectivity index (χ3v) is 8.30. The van der Waals surface area contributed by atoms with Gasteiger partial charge in [-0.25, -0.2) is 0 Å². The van der Waals surface area contributed by atoms with Gasteiger partial charge in [-0.3, -0.25) is 14.5 Å². The zero-order valence-corrected chi connectivity index (χ0v) is 21.4. The summed E-state index contributed by atoms with van der Waals surface area (Å²) in [6, 6.07) is 12.4. The van der Waals surface area contributed by atoms with Crippen LogP contribution >= 0.6 is 11.3 Å². The summed E-state index contributed by atoms with van der Waals surface area (Å²) in [4.78, 5) is 32.5. The second-order valence-corrected chi connectivity index (χ2v) is 10.5. The first-order valence-corrected chi connectivity index (χ1v) is 13.4. The zero-order valence-electron chi connectivity index (χ0n) is 20.5. The lowest BCUT2D eigenvalue weighted by atomic mass is 9.81. The number of amides is 2. The molecule has 6 nitrogen and oxygen atoms in total. The van der Waals surface area contributed by atoms with Crippen molar-refractivity contribution < 1.29 is 14.3 Å². The highest BCUT2D eigenvalue weighted by Crippen LogP contribution is 2.44. The predicted octanol–water partition coefficient (Wildman–Crippen LogP) is 4.44. The van der Waals surface area contributed by atoms with E-state index in [1.54, 1.807) is 18.4 Å². The number of piperidine rings is 1. The standard InChI is InChI=1S/C27H37N3O3S/c1-19-9-6-10-20(2)29(19)15-8-14-28-26(31)24-21-11-4-5-12-22(21)27(32)30(16-17-33-3)25(24)23-13-7-18-34-23/h4-5,7,11-13,18-20,24-25H,6,8-10,14-17H2,1-3H3,(H,28,31)/t19-,20-,24+,25-/m1/s1. The van der Waals surface area contributed by atoms with E-state index in [0.717, 1.165) is 23.4 Å². The second kappa shape index (κ2) is 11.5. The number of ether oxygens (including phenoxy) is 1. The summed E-state index contributed by atoms with van der Waals surface area (Å²) in [6.07, 6.45) is 4.73. The van der Waals surface area contributed by atoms with Gasteiger partial charge in [0.1, 0.15) is 0 Å². The SMILES string of the molecule is COCCN1C(=O)c2ccccc2[C@H](C(=O)NCCCN2[C@H](C)CCC[C@H]2C)[C@H]1c1cccs1. The maximum atomic E-state index is 13.7. The number of hydrogen-bond donors (Lipinski definition) is 1. The molecule has 3 heterocycles. The van der Waals surface area contributed by atoms with E-state index in [9.17, 15) is 9.59 Å². The molecule has 1 aromatic carbocycles. The van der Waals surface area contributed by atoms with Crippen molar-refractivity contribution >= 4 is 23.2 Å². The highest BCUT2D eigenvalue weighted by molar-refractivity contribution is 7.10. The van der Waals surface area contributed by atoms with Crippen molar-refractivity contribution in [1.29, 1.82) is 0 Å². The summed E-state index contributed by atoms with van der Waals surface area (Å²) in [5.74, 6) is -0.499. The van der Waals surface area contributed by atoms with Gasteiger partial charge in [-0.2, -0.15) is 0 Å². The number of benzene rings is 1. The van der Waals surface area contributed by atoms with E-state index < -0.39 is 5.92 Å². The summed E-state index contributed by atoms with van der Waals surface area (Å²) in [5, 5.41) is 5.22. The molecular weight excluding hydrogens is 446 g/mol. The number of thiophene rings is 1. The van der Waals surface area contributed by atoms with Crippen molar-refractivity contribution in [3.8, 4) is 0 Å². The molecule has 0 unspecified atom stereocenters. The van der Waals surface area contributed by atoms with Crippen LogP contribution in [-0.4, -0.2) is 67.0 Å². The summed E-state index contributed by atoms with van der Waals surface area (Å²) in [5.41, 5.74) is 1.43. The Bertz CT molecular complexity index is 954. The van der Waals surface area contributed by atoms with E-state index in [4.69, 9.17) is 4.74 Å². The highest BCUT2D eigenvalue weighted by Gasteiger charge is 2.44. The Balaban J connectivity index is 1.53. The molecule has 0 saturated carbocycles. The van der Waals surface area contributed by atoms with Crippen LogP contribution in [0.15, 0.2) is 41.8 Å². The van der Waals surface area contributed by atoms with Gasteiger partial charge in [0.2, 0.25) is 5.91 Å². The number of hydrogen-bond acceptors (Lipinski definition) is 5. The minimum atomic E-state index is -0.447. The van der Waals surface area contributed by atoms with E-state index in [2.05, 4.69) is 24.1 Å². The van der Waals surface area contributed by atoms with Crippen molar-refractivity contribution in [2.75, 3.05) is 33.4 Å². The fourth-order valence-corrected chi connectivity index (χ4v) is 6.46. The van der Waals surface area contributed by atoms with Gasteiger partial charge in [-0.15, -0.1) is 11.3 Å². The molecule has 1 fully saturated rings. The number of methoxy groups -OCH3 is 1. The number of carbonyl (C=O) groups excluding carboxylic acids is 2. The van der Waals surface area contributed by atoms with Gasteiger partial charge >= 0.3 is 0 Å². The highest BCUT2D eigenvalue weighted by atomic mass is 32.1. The van der Waals surface area contributed by atoms with Crippen LogP contribution in [0.25, 0.3) is 0 Å². The molecule has 0 radical (unpaired) electrons. The van der Waals surface area contributed by atoms with Crippen molar-refractivity contribution in [2.45, 2.75) is 63.6 Å². The lowest BCUT2D eigenvalue weighted by Gasteiger charge is -2.41. The number of nitrogens with zero attached hydrogens (tertiary/aromatic N) is 2. The molecule has 1 N–H and O–H groups in total. The fourth-order valence-electron chi connectivity index (χ4n) is 5.59. The lowest BCUT2D eigenvalue weighted by Crippen LogP contribution is -2.48. The topological polar surface area (TPSA) is 61.9 Å². The number of carbonyl (C=O) groups is 2. The fraction of sp³-hybridized carbons (Fsp3) is 0.556. The number of rotatable bonds is 9. The molecule has 34 heavy (non-hydrogen) atoms. The molecule has 2 aromatic rings. The van der Waals surface area contributed by atoms with Crippen LogP contribution < -0.4 is 5.32 Å². The van der Waals surface area contributed by atoms with Crippen LogP contribution in [-0.2, 0) is 9.53 Å². The summed E-state index contributed by atoms with van der Waals surface area (Å²) in [7, 11) is 1.64. The molecule has 184 valence electrons. The monoisotopic (exact) mass is 483 g/mol. The largest absolute Gasteiger partial charge is 0.383 e. The third kappa shape index (κ3) is 5.21. The first-order chi connectivity index (χ1) is 16.5. The van der Waals surface area contributed by atoms with Crippen molar-refractivity contribution in [3.05, 3.63) is 57.8 Å². The summed E-state index contributed by atoms with van der Waals surface area (Å²) >= 11 is 1.59. The number of likely N-dealkylation sites (tertiary alicyclic amines) is 1. The predicted molar refractivity (Wildman–Crippen MR) is 136 cm³/mol. The van der Waals surface area contributed by atoms with Crippen molar-refractivity contribution in [3.63, 3.8) is 0 Å². The van der Waals surface area contributed by atoms with Crippen LogP contribution in [0.2, 0.25) is 0 Å².